The Bertz CT molecular complexity index is 1320. The molecule has 3 aromatic rings. The minimum Gasteiger partial charge on any atom is -0.431 e. The van der Waals surface area contributed by atoms with Crippen molar-refractivity contribution >= 4 is 35.2 Å². The smallest absolute Gasteiger partial charge is 0.348 e. The largest absolute Gasteiger partial charge is 0.431 e. The van der Waals surface area contributed by atoms with Crippen molar-refractivity contribution in [3.8, 4) is 0 Å². The molecule has 0 aliphatic carbocycles. The highest BCUT2D eigenvalue weighted by Gasteiger charge is 2.33. The lowest BCUT2D eigenvalue weighted by Gasteiger charge is -2.21. The minimum atomic E-state index is -0.425. The molecule has 3 aromatic carbocycles. The van der Waals surface area contributed by atoms with Gasteiger partial charge in [0.25, 0.3) is 5.91 Å². The highest BCUT2D eigenvalue weighted by Crippen LogP contribution is 2.22. The molecule has 2 aliphatic rings. The second kappa shape index (κ2) is 10.0. The van der Waals surface area contributed by atoms with Crippen molar-refractivity contribution in [3.05, 3.63) is 113 Å². The Balaban J connectivity index is 1.25. The second-order valence-corrected chi connectivity index (χ2v) is 8.75. The van der Waals surface area contributed by atoms with Gasteiger partial charge < -0.3 is 15.0 Å². The molecule has 0 unspecified atom stereocenters. The Kier molecular flexibility index (Phi) is 6.50. The fourth-order valence-corrected chi connectivity index (χ4v) is 4.29. The number of amidine groups is 1. The van der Waals surface area contributed by atoms with Crippen LogP contribution in [0.2, 0.25) is 5.02 Å². The number of amides is 3. The maximum Gasteiger partial charge on any atom is 0.348 e. The number of halogens is 1. The fourth-order valence-electron chi connectivity index (χ4n) is 4.07. The summed E-state index contributed by atoms with van der Waals surface area (Å²) in [7, 11) is 0. The van der Waals surface area contributed by atoms with E-state index in [9.17, 15) is 9.59 Å². The molecule has 0 atom stereocenters. The third-order valence-corrected chi connectivity index (χ3v) is 6.02. The highest BCUT2D eigenvalue weighted by atomic mass is 35.5. The first-order chi connectivity index (χ1) is 17.0. The lowest BCUT2D eigenvalue weighted by molar-refractivity contribution is -0.113. The summed E-state index contributed by atoms with van der Waals surface area (Å²) >= 11 is 6.07. The molecular formula is C27H23ClN4O3. The molecule has 0 spiro atoms. The third-order valence-electron chi connectivity index (χ3n) is 5.78. The van der Waals surface area contributed by atoms with Crippen molar-refractivity contribution in [1.29, 1.82) is 0 Å². The molecule has 8 heteroatoms. The summed E-state index contributed by atoms with van der Waals surface area (Å²) in [6.45, 7) is 1.11. The summed E-state index contributed by atoms with van der Waals surface area (Å²) in [6, 6.07) is 24.9. The van der Waals surface area contributed by atoms with Crippen molar-refractivity contribution in [3.63, 3.8) is 0 Å². The molecule has 5 rings (SSSR count). The van der Waals surface area contributed by atoms with Gasteiger partial charge in [0.2, 0.25) is 0 Å². The van der Waals surface area contributed by atoms with Crippen LogP contribution in [0.1, 0.15) is 16.7 Å². The van der Waals surface area contributed by atoms with Gasteiger partial charge in [0, 0.05) is 30.3 Å². The molecular weight excluding hydrogens is 464 g/mol. The molecule has 1 N–H and O–H groups in total. The summed E-state index contributed by atoms with van der Waals surface area (Å²) in [6.07, 6.45) is 2.10. The van der Waals surface area contributed by atoms with Gasteiger partial charge in [0.05, 0.1) is 0 Å². The van der Waals surface area contributed by atoms with Crippen molar-refractivity contribution < 1.29 is 14.3 Å². The lowest BCUT2D eigenvalue weighted by atomic mass is 10.0. The van der Waals surface area contributed by atoms with Crippen molar-refractivity contribution in [2.75, 3.05) is 18.4 Å². The highest BCUT2D eigenvalue weighted by molar-refractivity contribution is 6.30. The van der Waals surface area contributed by atoms with E-state index in [0.29, 0.717) is 36.0 Å². The summed E-state index contributed by atoms with van der Waals surface area (Å²) in [4.78, 5) is 33.1. The number of ether oxygens (including phenoxy) is 1. The molecule has 0 saturated carbocycles. The van der Waals surface area contributed by atoms with E-state index in [2.05, 4.69) is 22.4 Å². The van der Waals surface area contributed by atoms with Crippen LogP contribution in [0.15, 0.2) is 95.8 Å². The fraction of sp³-hybridized carbons (Fsp3) is 0.148. The third kappa shape index (κ3) is 5.36. The second-order valence-electron chi connectivity index (χ2n) is 8.32. The van der Waals surface area contributed by atoms with Crippen molar-refractivity contribution in [2.45, 2.75) is 13.0 Å². The predicted molar refractivity (Wildman–Crippen MR) is 135 cm³/mol. The van der Waals surface area contributed by atoms with Gasteiger partial charge in [-0.15, -0.1) is 4.99 Å². The molecule has 0 radical (unpaired) electrons. The summed E-state index contributed by atoms with van der Waals surface area (Å²) in [5.74, 6) is -0.331. The average Bonchev–Trinajstić information content (AvgIpc) is 3.18. The Morgan fingerprint density at radius 2 is 1.71 bits per heavy atom. The van der Waals surface area contributed by atoms with Gasteiger partial charge in [0.1, 0.15) is 12.0 Å². The van der Waals surface area contributed by atoms with E-state index in [1.165, 1.54) is 11.8 Å². The standard InChI is InChI=1S/C27H23ClN4O3/c28-22-10-4-9-21(15-22)17-31-12-13-32-24(18-35-27(32)30-26(31)34)25(33)29-23-11-5-8-20(16-23)14-19-6-2-1-3-7-19/h1-11,15-16,18H,12-14,17H2,(H,29,33). The molecule has 2 aliphatic heterocycles. The minimum absolute atomic E-state index is 0.103. The molecule has 3 amide bonds. The van der Waals surface area contributed by atoms with Gasteiger partial charge in [-0.2, -0.15) is 0 Å². The quantitative estimate of drug-likeness (QED) is 0.530. The number of hydrogen-bond acceptors (Lipinski definition) is 4. The predicted octanol–water partition coefficient (Wildman–Crippen LogP) is 5.03. The number of aliphatic imine (C=N–C) groups is 1. The number of nitrogens with one attached hydrogen (secondary N) is 1. The number of benzene rings is 3. The van der Waals surface area contributed by atoms with Gasteiger partial charge >= 0.3 is 12.1 Å². The topological polar surface area (TPSA) is 74.2 Å². The molecule has 0 bridgehead atoms. The zero-order chi connectivity index (χ0) is 24.2. The Labute approximate surface area is 208 Å². The van der Waals surface area contributed by atoms with E-state index in [1.54, 1.807) is 15.9 Å². The number of carbonyl (C=O) groups is 2. The maximum atomic E-state index is 13.1. The molecule has 7 nitrogen and oxygen atoms in total. The first-order valence-corrected chi connectivity index (χ1v) is 11.6. The SMILES string of the molecule is O=C(Nc1cccc(Cc2ccccc2)c1)C1=COC2=NC(=O)N(Cc3cccc(Cl)c3)CCN12. The van der Waals surface area contributed by atoms with Crippen LogP contribution < -0.4 is 5.32 Å². The molecule has 35 heavy (non-hydrogen) atoms. The Hall–Kier alpha value is -4.10. The van der Waals surface area contributed by atoms with E-state index < -0.39 is 6.03 Å². The monoisotopic (exact) mass is 486 g/mol. The van der Waals surface area contributed by atoms with Crippen LogP contribution in [0.3, 0.4) is 0 Å². The van der Waals surface area contributed by atoms with Crippen molar-refractivity contribution in [1.82, 2.24) is 9.80 Å². The maximum absolute atomic E-state index is 13.1. The summed E-state index contributed by atoms with van der Waals surface area (Å²) < 4.78 is 5.48. The van der Waals surface area contributed by atoms with Gasteiger partial charge in [0.15, 0.2) is 0 Å². The number of hydrogen-bond donors (Lipinski definition) is 1. The molecule has 2 heterocycles. The Morgan fingerprint density at radius 3 is 2.54 bits per heavy atom. The number of rotatable bonds is 6. The number of nitrogens with zero attached hydrogens (tertiary/aromatic N) is 3. The number of carbonyl (C=O) groups excluding carboxylic acids is 2. The average molecular weight is 487 g/mol. The van der Waals surface area contributed by atoms with Crippen molar-refractivity contribution in [2.24, 2.45) is 4.99 Å². The number of fused-ring (bicyclic) bond motifs is 1. The van der Waals surface area contributed by atoms with Gasteiger partial charge in [-0.3, -0.25) is 9.69 Å². The van der Waals surface area contributed by atoms with Gasteiger partial charge in [-0.05, 0) is 47.4 Å². The zero-order valence-corrected chi connectivity index (χ0v) is 19.6. The molecule has 0 fully saturated rings. The number of urea groups is 1. The first kappa shape index (κ1) is 22.7. The van der Waals surface area contributed by atoms with Crippen LogP contribution in [0, 0.1) is 0 Å². The first-order valence-electron chi connectivity index (χ1n) is 11.3. The van der Waals surface area contributed by atoms with Crippen LogP contribution in [-0.4, -0.2) is 40.8 Å². The molecule has 0 saturated heterocycles. The normalized spacial score (nSPS) is 15.1. The van der Waals surface area contributed by atoms with Crippen LogP contribution in [0.5, 0.6) is 0 Å². The van der Waals surface area contributed by atoms with Crippen LogP contribution in [-0.2, 0) is 22.5 Å². The zero-order valence-electron chi connectivity index (χ0n) is 18.9. The number of anilines is 1. The van der Waals surface area contributed by atoms with Gasteiger partial charge in [-0.1, -0.05) is 66.2 Å². The van der Waals surface area contributed by atoms with E-state index in [-0.39, 0.29) is 11.9 Å². The van der Waals surface area contributed by atoms with Crippen LogP contribution >= 0.6 is 11.6 Å². The van der Waals surface area contributed by atoms with E-state index in [0.717, 1.165) is 17.5 Å². The summed E-state index contributed by atoms with van der Waals surface area (Å²) in [5.41, 5.74) is 4.17. The van der Waals surface area contributed by atoms with Crippen LogP contribution in [0.25, 0.3) is 0 Å². The van der Waals surface area contributed by atoms with E-state index in [4.69, 9.17) is 16.3 Å². The molecule has 176 valence electrons. The van der Waals surface area contributed by atoms with Crippen LogP contribution in [0.4, 0.5) is 10.5 Å². The lowest BCUT2D eigenvalue weighted by Crippen LogP contribution is -2.36. The van der Waals surface area contributed by atoms with E-state index >= 15 is 0 Å². The summed E-state index contributed by atoms with van der Waals surface area (Å²) in [5, 5.41) is 3.54. The molecule has 0 aromatic heterocycles. The van der Waals surface area contributed by atoms with Gasteiger partial charge in [-0.25, -0.2) is 4.79 Å². The Morgan fingerprint density at radius 1 is 0.943 bits per heavy atom. The van der Waals surface area contributed by atoms with E-state index in [1.807, 2.05) is 60.7 Å².